The SMILES string of the molecule is Nc1cc(CN2CCOCC2C(=O)NC2CC2)ccc1O. The van der Waals surface area contributed by atoms with Gasteiger partial charge < -0.3 is 20.9 Å². The molecule has 1 atom stereocenters. The molecular weight excluding hydrogens is 270 g/mol. The third-order valence-corrected chi connectivity index (χ3v) is 3.94. The van der Waals surface area contributed by atoms with Crippen LogP contribution in [0.5, 0.6) is 5.75 Å². The van der Waals surface area contributed by atoms with E-state index in [1.807, 2.05) is 6.07 Å². The highest BCUT2D eigenvalue weighted by molar-refractivity contribution is 5.82. The van der Waals surface area contributed by atoms with Crippen LogP contribution in [0, 0.1) is 0 Å². The number of nitrogens with two attached hydrogens (primary N) is 1. The number of phenolic OH excluding ortho intramolecular Hbond substituents is 1. The molecule has 0 aromatic heterocycles. The highest BCUT2D eigenvalue weighted by Crippen LogP contribution is 2.23. The van der Waals surface area contributed by atoms with E-state index in [4.69, 9.17) is 10.5 Å². The summed E-state index contributed by atoms with van der Waals surface area (Å²) in [6.45, 7) is 2.38. The zero-order valence-electron chi connectivity index (χ0n) is 11.9. The van der Waals surface area contributed by atoms with Crippen molar-refractivity contribution in [2.24, 2.45) is 0 Å². The van der Waals surface area contributed by atoms with Crippen molar-refractivity contribution >= 4 is 11.6 Å². The quantitative estimate of drug-likeness (QED) is 0.554. The van der Waals surface area contributed by atoms with Gasteiger partial charge >= 0.3 is 0 Å². The standard InChI is InChI=1S/C15H21N3O3/c16-12-7-10(1-4-14(12)19)8-18-5-6-21-9-13(18)15(20)17-11-2-3-11/h1,4,7,11,13,19H,2-3,5-6,8-9,16H2,(H,17,20). The molecule has 1 heterocycles. The largest absolute Gasteiger partial charge is 0.506 e. The molecule has 0 bridgehead atoms. The van der Waals surface area contributed by atoms with Crippen LogP contribution in [0.2, 0.25) is 0 Å². The summed E-state index contributed by atoms with van der Waals surface area (Å²) in [7, 11) is 0. The van der Waals surface area contributed by atoms with Crippen molar-refractivity contribution in [3.8, 4) is 5.75 Å². The number of hydrogen-bond acceptors (Lipinski definition) is 5. The van der Waals surface area contributed by atoms with Gasteiger partial charge in [0, 0.05) is 19.1 Å². The number of morpholine rings is 1. The number of nitrogens with one attached hydrogen (secondary N) is 1. The van der Waals surface area contributed by atoms with Gasteiger partial charge in [-0.3, -0.25) is 9.69 Å². The minimum Gasteiger partial charge on any atom is -0.506 e. The number of carbonyl (C=O) groups is 1. The minimum atomic E-state index is -0.255. The van der Waals surface area contributed by atoms with E-state index in [1.165, 1.54) is 0 Å². The summed E-state index contributed by atoms with van der Waals surface area (Å²) in [5.41, 5.74) is 7.07. The second-order valence-corrected chi connectivity index (χ2v) is 5.74. The molecule has 114 valence electrons. The number of carbonyl (C=O) groups excluding carboxylic acids is 1. The van der Waals surface area contributed by atoms with E-state index in [-0.39, 0.29) is 17.7 Å². The molecule has 4 N–H and O–H groups in total. The maximum absolute atomic E-state index is 12.3. The fraction of sp³-hybridized carbons (Fsp3) is 0.533. The van der Waals surface area contributed by atoms with Gasteiger partial charge in [0.2, 0.25) is 5.91 Å². The van der Waals surface area contributed by atoms with Gasteiger partial charge in [-0.05, 0) is 30.5 Å². The van der Waals surface area contributed by atoms with Gasteiger partial charge in [0.15, 0.2) is 0 Å². The molecular formula is C15H21N3O3. The Labute approximate surface area is 123 Å². The lowest BCUT2D eigenvalue weighted by molar-refractivity contribution is -0.133. The van der Waals surface area contributed by atoms with Crippen LogP contribution in [0.15, 0.2) is 18.2 Å². The first-order valence-electron chi connectivity index (χ1n) is 7.33. The number of aromatic hydroxyl groups is 1. The monoisotopic (exact) mass is 291 g/mol. The molecule has 2 fully saturated rings. The number of nitrogen functional groups attached to an aromatic ring is 1. The Morgan fingerprint density at radius 1 is 1.48 bits per heavy atom. The van der Waals surface area contributed by atoms with E-state index in [0.717, 1.165) is 18.4 Å². The van der Waals surface area contributed by atoms with Crippen LogP contribution in [0.1, 0.15) is 18.4 Å². The molecule has 1 unspecified atom stereocenters. The van der Waals surface area contributed by atoms with Gasteiger partial charge in [0.1, 0.15) is 11.8 Å². The number of benzene rings is 1. The van der Waals surface area contributed by atoms with Crippen LogP contribution >= 0.6 is 0 Å². The Morgan fingerprint density at radius 2 is 2.29 bits per heavy atom. The van der Waals surface area contributed by atoms with Crippen molar-refractivity contribution in [2.75, 3.05) is 25.5 Å². The average Bonchev–Trinajstić information content (AvgIpc) is 3.27. The number of rotatable bonds is 4. The number of nitrogens with zero attached hydrogens (tertiary/aromatic N) is 1. The first kappa shape index (κ1) is 14.2. The smallest absolute Gasteiger partial charge is 0.239 e. The van der Waals surface area contributed by atoms with Crippen molar-refractivity contribution in [1.82, 2.24) is 10.2 Å². The Hall–Kier alpha value is -1.79. The Bertz CT molecular complexity index is 531. The van der Waals surface area contributed by atoms with E-state index < -0.39 is 0 Å². The minimum absolute atomic E-state index is 0.0453. The third-order valence-electron chi connectivity index (χ3n) is 3.94. The Balaban J connectivity index is 1.68. The summed E-state index contributed by atoms with van der Waals surface area (Å²) in [5, 5.41) is 12.5. The topological polar surface area (TPSA) is 87.8 Å². The first-order chi connectivity index (χ1) is 10.1. The second kappa shape index (κ2) is 5.91. The van der Waals surface area contributed by atoms with Crippen LogP contribution in [-0.4, -0.2) is 47.8 Å². The predicted molar refractivity (Wildman–Crippen MR) is 78.7 cm³/mol. The van der Waals surface area contributed by atoms with Gasteiger partial charge in [-0.25, -0.2) is 0 Å². The molecule has 1 saturated heterocycles. The van der Waals surface area contributed by atoms with Gasteiger partial charge in [-0.2, -0.15) is 0 Å². The number of phenols is 1. The molecule has 1 amide bonds. The molecule has 1 aliphatic heterocycles. The molecule has 3 rings (SSSR count). The van der Waals surface area contributed by atoms with Crippen molar-refractivity contribution in [1.29, 1.82) is 0 Å². The maximum atomic E-state index is 12.3. The lowest BCUT2D eigenvalue weighted by Gasteiger charge is -2.34. The van der Waals surface area contributed by atoms with Gasteiger partial charge in [0.05, 0.1) is 18.9 Å². The Kier molecular flexibility index (Phi) is 3.98. The predicted octanol–water partition coefficient (Wildman–Crippen LogP) is 0.454. The van der Waals surface area contributed by atoms with Crippen LogP contribution in [0.3, 0.4) is 0 Å². The maximum Gasteiger partial charge on any atom is 0.239 e. The van der Waals surface area contributed by atoms with Crippen LogP contribution in [-0.2, 0) is 16.1 Å². The molecule has 1 aromatic carbocycles. The number of amides is 1. The third kappa shape index (κ3) is 3.46. The van der Waals surface area contributed by atoms with E-state index in [1.54, 1.807) is 12.1 Å². The summed E-state index contributed by atoms with van der Waals surface area (Å²) in [6, 6.07) is 5.27. The molecule has 1 saturated carbocycles. The van der Waals surface area contributed by atoms with E-state index in [9.17, 15) is 9.90 Å². The highest BCUT2D eigenvalue weighted by atomic mass is 16.5. The summed E-state index contributed by atoms with van der Waals surface area (Å²) in [6.07, 6.45) is 2.15. The fourth-order valence-electron chi connectivity index (χ4n) is 2.53. The van der Waals surface area contributed by atoms with Crippen molar-refractivity contribution < 1.29 is 14.6 Å². The van der Waals surface area contributed by atoms with E-state index >= 15 is 0 Å². The van der Waals surface area contributed by atoms with Gasteiger partial charge in [0.25, 0.3) is 0 Å². The molecule has 0 radical (unpaired) electrons. The van der Waals surface area contributed by atoms with Gasteiger partial charge in [-0.1, -0.05) is 6.07 Å². The molecule has 21 heavy (non-hydrogen) atoms. The molecule has 1 aromatic rings. The first-order valence-corrected chi connectivity index (χ1v) is 7.33. The summed E-state index contributed by atoms with van der Waals surface area (Å²) in [4.78, 5) is 14.4. The van der Waals surface area contributed by atoms with E-state index in [2.05, 4.69) is 10.2 Å². The van der Waals surface area contributed by atoms with Crippen molar-refractivity contribution in [3.05, 3.63) is 23.8 Å². The lowest BCUT2D eigenvalue weighted by atomic mass is 10.1. The van der Waals surface area contributed by atoms with Crippen molar-refractivity contribution in [2.45, 2.75) is 31.5 Å². The molecule has 1 aliphatic carbocycles. The van der Waals surface area contributed by atoms with Crippen LogP contribution in [0.4, 0.5) is 5.69 Å². The second-order valence-electron chi connectivity index (χ2n) is 5.74. The lowest BCUT2D eigenvalue weighted by Crippen LogP contribution is -2.53. The van der Waals surface area contributed by atoms with E-state index in [0.29, 0.717) is 38.0 Å². The van der Waals surface area contributed by atoms with Crippen molar-refractivity contribution in [3.63, 3.8) is 0 Å². The molecule has 2 aliphatic rings. The number of anilines is 1. The molecule has 6 heteroatoms. The molecule has 0 spiro atoms. The summed E-state index contributed by atoms with van der Waals surface area (Å²) in [5.74, 6) is 0.132. The summed E-state index contributed by atoms with van der Waals surface area (Å²) < 4.78 is 5.45. The normalized spacial score (nSPS) is 23.0. The highest BCUT2D eigenvalue weighted by Gasteiger charge is 2.33. The van der Waals surface area contributed by atoms with Gasteiger partial charge in [-0.15, -0.1) is 0 Å². The van der Waals surface area contributed by atoms with Crippen LogP contribution in [0.25, 0.3) is 0 Å². The fourth-order valence-corrected chi connectivity index (χ4v) is 2.53. The zero-order chi connectivity index (χ0) is 14.8. The Morgan fingerprint density at radius 3 is 3.00 bits per heavy atom. The number of ether oxygens (including phenoxy) is 1. The van der Waals surface area contributed by atoms with Crippen LogP contribution < -0.4 is 11.1 Å². The summed E-state index contributed by atoms with van der Waals surface area (Å²) >= 11 is 0. The number of hydrogen-bond donors (Lipinski definition) is 3. The molecule has 6 nitrogen and oxygen atoms in total. The zero-order valence-corrected chi connectivity index (χ0v) is 11.9. The average molecular weight is 291 g/mol.